The smallest absolute Gasteiger partial charge is 0.180 e. The summed E-state index contributed by atoms with van der Waals surface area (Å²) in [5.74, 6) is 0. The number of hydrogen-bond donors (Lipinski definition) is 1. The van der Waals surface area contributed by atoms with Crippen molar-refractivity contribution in [2.75, 3.05) is 13.9 Å². The molecule has 0 heterocycles. The van der Waals surface area contributed by atoms with Gasteiger partial charge in [0.05, 0.1) is 1.37 Å². The van der Waals surface area contributed by atoms with Gasteiger partial charge in [0.15, 0.2) is 6.77 Å². The minimum Gasteiger partial charge on any atom is -0.355 e. The van der Waals surface area contributed by atoms with Gasteiger partial charge in [-0.3, -0.25) is 0 Å². The lowest BCUT2D eigenvalue weighted by molar-refractivity contribution is -0.290. The third-order valence-corrected chi connectivity index (χ3v) is 0.139. The van der Waals surface area contributed by atoms with E-state index in [-0.39, 0.29) is 0 Å². The molecule has 3 nitrogen and oxygen atoms in total. The molecule has 5 heavy (non-hydrogen) atoms. The van der Waals surface area contributed by atoms with Crippen molar-refractivity contribution in [3.8, 4) is 0 Å². The van der Waals surface area contributed by atoms with Crippen LogP contribution in [0.4, 0.5) is 0 Å². The summed E-state index contributed by atoms with van der Waals surface area (Å²) in [6.45, 7) is -1.26. The lowest BCUT2D eigenvalue weighted by Gasteiger charge is -1.85. The highest BCUT2D eigenvalue weighted by molar-refractivity contribution is 3.77. The molecule has 0 fully saturated rings. The zero-order chi connectivity index (χ0) is 4.99. The van der Waals surface area contributed by atoms with Crippen molar-refractivity contribution in [1.29, 1.82) is 0 Å². The molecule has 0 aliphatic heterocycles. The Balaban J connectivity index is 2.75. The van der Waals surface area contributed by atoms with Gasteiger partial charge >= 0.3 is 0 Å². The van der Waals surface area contributed by atoms with E-state index in [2.05, 4.69) is 9.62 Å². The van der Waals surface area contributed by atoms with Gasteiger partial charge in [0.2, 0.25) is 0 Å². The fourth-order valence-corrected chi connectivity index (χ4v) is 0.0430. The van der Waals surface area contributed by atoms with Gasteiger partial charge in [-0.1, -0.05) is 0 Å². The van der Waals surface area contributed by atoms with Crippen LogP contribution in [-0.4, -0.2) is 19.1 Å². The zero-order valence-electron chi connectivity index (χ0n) is 3.84. The molecule has 1 unspecified atom stereocenters. The van der Waals surface area contributed by atoms with Crippen LogP contribution in [0.1, 0.15) is 1.37 Å². The first-order valence-corrected chi connectivity index (χ1v) is 1.06. The Kier molecular flexibility index (Phi) is 2.39. The Morgan fingerprint density at radius 2 is 2.80 bits per heavy atom. The monoisotopic (exact) mass is 80.0 g/mol. The summed E-state index contributed by atoms with van der Waals surface area (Å²) >= 11 is 0. The predicted molar refractivity (Wildman–Crippen MR) is 15.6 cm³/mol. The van der Waals surface area contributed by atoms with Gasteiger partial charge in [-0.2, -0.15) is 0 Å². The van der Waals surface area contributed by atoms with E-state index in [0.717, 1.165) is 0 Å². The summed E-state index contributed by atoms with van der Waals surface area (Å²) in [6, 6.07) is 0. The van der Waals surface area contributed by atoms with Crippen molar-refractivity contribution >= 4 is 0 Å². The Morgan fingerprint density at radius 3 is 2.80 bits per heavy atom. The molecule has 0 saturated heterocycles. The van der Waals surface area contributed by atoms with Gasteiger partial charge in [-0.15, -0.1) is 0 Å². The zero-order valence-corrected chi connectivity index (χ0v) is 2.84. The normalized spacial score (nSPS) is 17.6. The van der Waals surface area contributed by atoms with E-state index < -0.39 is 6.77 Å². The maximum atomic E-state index is 7.52. The maximum absolute atomic E-state index is 7.52. The Labute approximate surface area is 31.5 Å². The molecule has 1 N–H and O–H groups in total. The lowest BCUT2D eigenvalue weighted by atomic mass is 11.4. The molecule has 0 amide bonds. The Hall–Kier alpha value is -0.120. The van der Waals surface area contributed by atoms with E-state index in [0.29, 0.717) is 0 Å². The van der Waals surface area contributed by atoms with Crippen LogP contribution in [0.3, 0.4) is 0 Å². The van der Waals surface area contributed by atoms with Crippen LogP contribution in [-0.2, 0) is 9.62 Å². The van der Waals surface area contributed by atoms with Crippen LogP contribution in [0.25, 0.3) is 0 Å². The van der Waals surface area contributed by atoms with Gasteiger partial charge in [-0.05, 0) is 0 Å². The molecule has 0 spiro atoms. The first-order chi connectivity index (χ1) is 2.81. The minimum atomic E-state index is -1.26. The lowest BCUT2D eigenvalue weighted by Crippen LogP contribution is -1.88. The van der Waals surface area contributed by atoms with Gasteiger partial charge < -0.3 is 4.74 Å². The second-order valence-electron chi connectivity index (χ2n) is 0.437. The van der Waals surface area contributed by atoms with Crippen molar-refractivity contribution < 1.29 is 16.3 Å². The molecule has 0 aromatic rings. The van der Waals surface area contributed by atoms with E-state index in [1.807, 2.05) is 0 Å². The molecule has 0 aliphatic carbocycles. The third kappa shape index (κ3) is 3.88. The quantitative estimate of drug-likeness (QED) is 0.290. The summed E-state index contributed by atoms with van der Waals surface area (Å²) in [7, 11) is 1.26. The number of rotatable bonds is 2. The van der Waals surface area contributed by atoms with Gasteiger partial charge in [0.25, 0.3) is 0 Å². The summed E-state index contributed by atoms with van der Waals surface area (Å²) in [5.41, 5.74) is 0. The molecule has 0 radical (unpaired) electrons. The predicted octanol–water partition coefficient (Wildman–Crippen LogP) is 0.0799. The maximum Gasteiger partial charge on any atom is 0.180 e. The van der Waals surface area contributed by atoms with E-state index in [1.165, 1.54) is 7.11 Å². The topological polar surface area (TPSA) is 38.7 Å². The second-order valence-corrected chi connectivity index (χ2v) is 0.437. The van der Waals surface area contributed by atoms with Gasteiger partial charge in [0, 0.05) is 7.11 Å². The van der Waals surface area contributed by atoms with Crippen LogP contribution >= 0.6 is 0 Å². The summed E-state index contributed by atoms with van der Waals surface area (Å²) in [4.78, 5) is 3.34. The molecular weight excluding hydrogens is 72.0 g/mol. The van der Waals surface area contributed by atoms with E-state index in [4.69, 9.17) is 6.63 Å². The fourth-order valence-electron chi connectivity index (χ4n) is 0.0430. The molecule has 0 aromatic carbocycles. The average molecular weight is 80.1 g/mol. The van der Waals surface area contributed by atoms with Crippen LogP contribution in [0.5, 0.6) is 0 Å². The fraction of sp³-hybridized carbons (Fsp3) is 1.00. The van der Waals surface area contributed by atoms with Crippen LogP contribution in [0.2, 0.25) is 0 Å². The van der Waals surface area contributed by atoms with Crippen molar-refractivity contribution in [3.05, 3.63) is 0 Å². The van der Waals surface area contributed by atoms with E-state index in [1.54, 1.807) is 0 Å². The van der Waals surface area contributed by atoms with Crippen molar-refractivity contribution in [1.82, 2.24) is 0 Å². The highest BCUT2D eigenvalue weighted by Crippen LogP contribution is 1.59. The Morgan fingerprint density at radius 1 is 2.20 bits per heavy atom. The molecule has 0 rings (SSSR count). The first-order valence-electron chi connectivity index (χ1n) is 1.64. The molecule has 3 heteroatoms. The molecule has 0 saturated carbocycles. The summed E-state index contributed by atoms with van der Waals surface area (Å²) in [5, 5.41) is 7.52. The third-order valence-electron chi connectivity index (χ3n) is 0.139. The van der Waals surface area contributed by atoms with Crippen molar-refractivity contribution in [2.24, 2.45) is 0 Å². The number of hydrogen-bond acceptors (Lipinski definition) is 3. The van der Waals surface area contributed by atoms with Crippen LogP contribution in [0.15, 0.2) is 0 Å². The summed E-state index contributed by atoms with van der Waals surface area (Å²) < 4.78 is 10.5. The van der Waals surface area contributed by atoms with E-state index in [9.17, 15) is 0 Å². The minimum absolute atomic E-state index is 1.26. The van der Waals surface area contributed by atoms with Crippen LogP contribution in [0, 0.1) is 0 Å². The van der Waals surface area contributed by atoms with Crippen LogP contribution < -0.4 is 0 Å². The average Bonchev–Trinajstić information content (AvgIpc) is 1.65. The molecule has 0 aromatic heterocycles. The first kappa shape index (κ1) is 3.08. The Bertz CT molecular complexity index is 28.0. The standard InChI is InChI=1S/C2H6O3/c1-4-2-5-3/h3H,2H2,1H3/i2T. The van der Waals surface area contributed by atoms with Crippen molar-refractivity contribution in [3.63, 3.8) is 0 Å². The molecule has 0 bridgehead atoms. The highest BCUT2D eigenvalue weighted by Gasteiger charge is 1.65. The van der Waals surface area contributed by atoms with Gasteiger partial charge in [-0.25, -0.2) is 10.1 Å². The number of methoxy groups -OCH3 is 1. The molecular formula is C2H6O3. The largest absolute Gasteiger partial charge is 0.355 e. The summed E-state index contributed by atoms with van der Waals surface area (Å²) in [6.07, 6.45) is 0. The molecule has 32 valence electrons. The SMILES string of the molecule is [3H]C(OC)OO. The number of ether oxygens (including phenoxy) is 1. The van der Waals surface area contributed by atoms with Gasteiger partial charge in [0.1, 0.15) is 0 Å². The van der Waals surface area contributed by atoms with Crippen molar-refractivity contribution in [2.45, 2.75) is 0 Å². The molecule has 1 atom stereocenters. The molecule has 0 aliphatic rings. The second kappa shape index (κ2) is 3.88. The highest BCUT2D eigenvalue weighted by atomic mass is 17.1. The van der Waals surface area contributed by atoms with E-state index >= 15 is 0 Å².